The van der Waals surface area contributed by atoms with E-state index >= 15 is 0 Å². The lowest BCUT2D eigenvalue weighted by Gasteiger charge is -2.24. The standard InChI is InChI=1S/C19H32O6P2/c1-8-22-26(20,23-9-2)14-18(27(21,24-10-3)25-11-4)19-16(6)12-15(5)13-17(19)7/h12-14H,8-11H2,1-7H3/b18-14+. The molecule has 0 spiro atoms. The molecule has 8 heteroatoms. The van der Waals surface area contributed by atoms with Crippen LogP contribution in [0, 0.1) is 20.8 Å². The molecule has 0 unspecified atom stereocenters. The van der Waals surface area contributed by atoms with Gasteiger partial charge < -0.3 is 18.1 Å². The number of aryl methyl sites for hydroxylation is 3. The second kappa shape index (κ2) is 10.7. The summed E-state index contributed by atoms with van der Waals surface area (Å²) in [6.07, 6.45) is 0. The highest BCUT2D eigenvalue weighted by Crippen LogP contribution is 2.65. The van der Waals surface area contributed by atoms with Crippen molar-refractivity contribution in [3.8, 4) is 0 Å². The van der Waals surface area contributed by atoms with Crippen molar-refractivity contribution < 1.29 is 27.2 Å². The molecule has 154 valence electrons. The second-order valence-corrected chi connectivity index (χ2v) is 9.84. The Morgan fingerprint density at radius 2 is 1.22 bits per heavy atom. The molecule has 0 saturated carbocycles. The van der Waals surface area contributed by atoms with E-state index in [9.17, 15) is 9.13 Å². The molecule has 0 amide bonds. The smallest absolute Gasteiger partial charge is 0.306 e. The third-order valence-corrected chi connectivity index (χ3v) is 7.88. The predicted molar refractivity (Wildman–Crippen MR) is 110 cm³/mol. The highest BCUT2D eigenvalue weighted by Gasteiger charge is 2.36. The van der Waals surface area contributed by atoms with Crippen LogP contribution < -0.4 is 0 Å². The minimum atomic E-state index is -3.74. The Morgan fingerprint density at radius 3 is 1.59 bits per heavy atom. The Hall–Kier alpha value is -0.740. The van der Waals surface area contributed by atoms with Crippen molar-refractivity contribution in [2.75, 3.05) is 26.4 Å². The quantitative estimate of drug-likeness (QED) is 0.385. The molecule has 0 radical (unpaired) electrons. The maximum Gasteiger partial charge on any atom is 0.362 e. The van der Waals surface area contributed by atoms with Crippen LogP contribution in [-0.4, -0.2) is 26.4 Å². The van der Waals surface area contributed by atoms with Gasteiger partial charge in [0.05, 0.1) is 31.7 Å². The fourth-order valence-corrected chi connectivity index (χ4v) is 7.02. The first kappa shape index (κ1) is 24.3. The van der Waals surface area contributed by atoms with Gasteiger partial charge in [-0.3, -0.25) is 9.13 Å². The topological polar surface area (TPSA) is 71.1 Å². The number of hydrogen-bond donors (Lipinski definition) is 0. The van der Waals surface area contributed by atoms with Crippen LogP contribution in [0.4, 0.5) is 0 Å². The van der Waals surface area contributed by atoms with Gasteiger partial charge >= 0.3 is 15.2 Å². The molecule has 0 aliphatic carbocycles. The second-order valence-electron chi connectivity index (χ2n) is 6.00. The Morgan fingerprint density at radius 1 is 0.815 bits per heavy atom. The van der Waals surface area contributed by atoms with Gasteiger partial charge in [-0.15, -0.1) is 0 Å². The lowest BCUT2D eigenvalue weighted by atomic mass is 10.00. The van der Waals surface area contributed by atoms with Crippen LogP contribution in [0.2, 0.25) is 0 Å². The molecule has 0 atom stereocenters. The fraction of sp³-hybridized carbons (Fsp3) is 0.579. The van der Waals surface area contributed by atoms with E-state index in [0.29, 0.717) is 5.56 Å². The highest BCUT2D eigenvalue weighted by molar-refractivity contribution is 7.67. The normalized spacial score (nSPS) is 13.2. The van der Waals surface area contributed by atoms with Crippen molar-refractivity contribution in [3.05, 3.63) is 40.2 Å². The molecule has 1 aromatic carbocycles. The van der Waals surface area contributed by atoms with Crippen molar-refractivity contribution in [2.45, 2.75) is 48.5 Å². The van der Waals surface area contributed by atoms with E-state index < -0.39 is 15.2 Å². The first-order chi connectivity index (χ1) is 12.7. The summed E-state index contributed by atoms with van der Waals surface area (Å²) in [5.41, 5.74) is 3.54. The van der Waals surface area contributed by atoms with E-state index in [2.05, 4.69) is 0 Å². The van der Waals surface area contributed by atoms with Crippen LogP contribution in [0.15, 0.2) is 17.9 Å². The Balaban J connectivity index is 3.80. The van der Waals surface area contributed by atoms with Crippen LogP contribution in [0.25, 0.3) is 5.31 Å². The summed E-state index contributed by atoms with van der Waals surface area (Å²) in [5, 5.41) is 0.228. The minimum Gasteiger partial charge on any atom is -0.306 e. The molecule has 27 heavy (non-hydrogen) atoms. The molecule has 1 aromatic rings. The van der Waals surface area contributed by atoms with E-state index in [-0.39, 0.29) is 31.7 Å². The summed E-state index contributed by atoms with van der Waals surface area (Å²) in [6.45, 7) is 13.5. The maximum atomic E-state index is 13.6. The summed E-state index contributed by atoms with van der Waals surface area (Å²) >= 11 is 0. The van der Waals surface area contributed by atoms with E-state index in [0.717, 1.165) is 16.7 Å². The third-order valence-electron chi connectivity index (χ3n) is 3.72. The SMILES string of the molecule is CCOP(=O)(/C=C(\c1c(C)cc(C)cc1C)P(=O)(OCC)OCC)OCC. The monoisotopic (exact) mass is 418 g/mol. The molecule has 0 aliphatic rings. The molecule has 0 N–H and O–H groups in total. The third kappa shape index (κ3) is 6.39. The highest BCUT2D eigenvalue weighted by atomic mass is 31.2. The Kier molecular flexibility index (Phi) is 9.64. The van der Waals surface area contributed by atoms with Crippen LogP contribution in [0.3, 0.4) is 0 Å². The van der Waals surface area contributed by atoms with E-state index in [1.54, 1.807) is 27.7 Å². The van der Waals surface area contributed by atoms with E-state index in [4.69, 9.17) is 18.1 Å². The lowest BCUT2D eigenvalue weighted by molar-refractivity contribution is 0.226. The first-order valence-electron chi connectivity index (χ1n) is 9.25. The van der Waals surface area contributed by atoms with Crippen molar-refractivity contribution in [1.82, 2.24) is 0 Å². The van der Waals surface area contributed by atoms with Gasteiger partial charge in [0, 0.05) is 5.82 Å². The van der Waals surface area contributed by atoms with Gasteiger partial charge in [0.2, 0.25) is 0 Å². The number of rotatable bonds is 11. The molecular formula is C19H32O6P2. The molecule has 0 fully saturated rings. The lowest BCUT2D eigenvalue weighted by Crippen LogP contribution is -2.04. The molecule has 0 heterocycles. The van der Waals surface area contributed by atoms with Crippen molar-refractivity contribution in [2.24, 2.45) is 0 Å². The summed E-state index contributed by atoms with van der Waals surface area (Å²) in [5.74, 6) is 1.32. The fourth-order valence-electron chi connectivity index (χ4n) is 2.99. The van der Waals surface area contributed by atoms with Crippen molar-refractivity contribution in [3.63, 3.8) is 0 Å². The first-order valence-corrected chi connectivity index (χ1v) is 12.4. The number of hydrogen-bond acceptors (Lipinski definition) is 6. The van der Waals surface area contributed by atoms with Crippen molar-refractivity contribution in [1.29, 1.82) is 0 Å². The molecule has 0 saturated heterocycles. The van der Waals surface area contributed by atoms with E-state index in [1.165, 1.54) is 5.82 Å². The molecule has 0 aliphatic heterocycles. The molecule has 0 bridgehead atoms. The maximum absolute atomic E-state index is 13.6. The van der Waals surface area contributed by atoms with Gasteiger partial charge in [-0.05, 0) is 65.2 Å². The van der Waals surface area contributed by atoms with Gasteiger partial charge in [-0.2, -0.15) is 0 Å². The summed E-state index contributed by atoms with van der Waals surface area (Å²) in [7, 11) is -7.37. The Labute approximate surface area is 163 Å². The summed E-state index contributed by atoms with van der Waals surface area (Å²) in [6, 6.07) is 3.95. The average Bonchev–Trinajstić information content (AvgIpc) is 2.54. The van der Waals surface area contributed by atoms with Crippen LogP contribution in [0.5, 0.6) is 0 Å². The number of benzene rings is 1. The van der Waals surface area contributed by atoms with Crippen LogP contribution in [0.1, 0.15) is 49.9 Å². The van der Waals surface area contributed by atoms with Gasteiger partial charge in [0.15, 0.2) is 0 Å². The van der Waals surface area contributed by atoms with E-state index in [1.807, 2.05) is 32.9 Å². The van der Waals surface area contributed by atoms with Crippen molar-refractivity contribution >= 4 is 20.5 Å². The Bertz CT molecular complexity index is 714. The largest absolute Gasteiger partial charge is 0.362 e. The summed E-state index contributed by atoms with van der Waals surface area (Å²) < 4.78 is 48.8. The van der Waals surface area contributed by atoms with Gasteiger partial charge in [-0.1, -0.05) is 17.7 Å². The molecule has 6 nitrogen and oxygen atoms in total. The zero-order valence-electron chi connectivity index (χ0n) is 17.4. The molecule has 1 rings (SSSR count). The minimum absolute atomic E-state index is 0.187. The average molecular weight is 418 g/mol. The zero-order valence-corrected chi connectivity index (χ0v) is 19.2. The van der Waals surface area contributed by atoms with Crippen LogP contribution in [-0.2, 0) is 27.2 Å². The zero-order chi connectivity index (χ0) is 20.7. The van der Waals surface area contributed by atoms with Gasteiger partial charge in [-0.25, -0.2) is 0 Å². The van der Waals surface area contributed by atoms with Gasteiger partial charge in [0.1, 0.15) is 0 Å². The molecule has 0 aromatic heterocycles. The predicted octanol–water partition coefficient (Wildman–Crippen LogP) is 6.44. The summed E-state index contributed by atoms with van der Waals surface area (Å²) in [4.78, 5) is 0. The van der Waals surface area contributed by atoms with Gasteiger partial charge in [0.25, 0.3) is 0 Å². The van der Waals surface area contributed by atoms with Crippen LogP contribution >= 0.6 is 15.2 Å². The molecular weight excluding hydrogens is 386 g/mol.